The van der Waals surface area contributed by atoms with Gasteiger partial charge in [-0.15, -0.1) is 5.10 Å². The zero-order chi connectivity index (χ0) is 16.2. The Hall–Kier alpha value is -2.53. The number of para-hydroxylation sites is 1. The van der Waals surface area contributed by atoms with E-state index in [1.54, 1.807) is 4.90 Å². The van der Waals surface area contributed by atoms with Crippen LogP contribution in [0.3, 0.4) is 0 Å². The quantitative estimate of drug-likeness (QED) is 0.874. The molecule has 0 radical (unpaired) electrons. The summed E-state index contributed by atoms with van der Waals surface area (Å²) in [6.07, 6.45) is 0. The van der Waals surface area contributed by atoms with E-state index in [4.69, 9.17) is 0 Å². The lowest BCUT2D eigenvalue weighted by Crippen LogP contribution is -2.30. The van der Waals surface area contributed by atoms with Gasteiger partial charge in [-0.2, -0.15) is 0 Å². The molecule has 2 aromatic carbocycles. The normalized spacial score (nSPS) is 16.0. The summed E-state index contributed by atoms with van der Waals surface area (Å²) in [5.74, 6) is 0.426. The summed E-state index contributed by atoms with van der Waals surface area (Å²) in [5.41, 5.74) is 6.65. The van der Waals surface area contributed by atoms with Crippen molar-refractivity contribution in [1.29, 1.82) is 0 Å². The van der Waals surface area contributed by atoms with E-state index in [9.17, 15) is 4.79 Å². The average Bonchev–Trinajstić information content (AvgIpc) is 2.95. The molecule has 0 atom stereocenters. The number of benzene rings is 2. The minimum atomic E-state index is 0.0303. The lowest BCUT2D eigenvalue weighted by molar-refractivity contribution is -0.115. The molecule has 1 aliphatic rings. The number of nitrogens with zero attached hydrogens (tertiary/aromatic N) is 2. The molecule has 23 heavy (non-hydrogen) atoms. The number of hydrogen-bond donors (Lipinski definition) is 1. The lowest BCUT2D eigenvalue weighted by Gasteiger charge is -2.16. The molecule has 2 aromatic rings. The molecule has 4 nitrogen and oxygen atoms in total. The maximum atomic E-state index is 12.1. The van der Waals surface area contributed by atoms with Crippen molar-refractivity contribution in [3.63, 3.8) is 0 Å². The number of thioether (sulfide) groups is 1. The van der Waals surface area contributed by atoms with Crippen molar-refractivity contribution < 1.29 is 4.79 Å². The number of carbonyl (C=O) groups is 1. The highest BCUT2D eigenvalue weighted by Gasteiger charge is 2.29. The van der Waals surface area contributed by atoms with Crippen LogP contribution >= 0.6 is 11.8 Å². The predicted octanol–water partition coefficient (Wildman–Crippen LogP) is 3.61. The van der Waals surface area contributed by atoms with Gasteiger partial charge in [-0.25, -0.2) is 0 Å². The first-order valence-electron chi connectivity index (χ1n) is 7.25. The Bertz CT molecular complexity index is 754. The number of aryl methyl sites for hydroxylation is 1. The number of carbonyl (C=O) groups excluding carboxylic acids is 1. The van der Waals surface area contributed by atoms with Crippen LogP contribution < -0.4 is 10.3 Å². The van der Waals surface area contributed by atoms with Crippen LogP contribution in [0.15, 0.2) is 66.3 Å². The fraction of sp³-hybridized carbons (Fsp3) is 0.111. The van der Waals surface area contributed by atoms with E-state index >= 15 is 0 Å². The molecule has 1 heterocycles. The van der Waals surface area contributed by atoms with E-state index in [2.05, 4.69) is 17.1 Å². The Morgan fingerprint density at radius 3 is 2.57 bits per heavy atom. The second-order valence-electron chi connectivity index (χ2n) is 5.20. The molecule has 5 heteroatoms. The molecule has 116 valence electrons. The smallest absolute Gasteiger partial charge is 0.243 e. The first kappa shape index (κ1) is 15.4. The van der Waals surface area contributed by atoms with Crippen molar-refractivity contribution in [3.05, 3.63) is 72.3 Å². The van der Waals surface area contributed by atoms with Crippen LogP contribution in [0, 0.1) is 6.92 Å². The summed E-state index contributed by atoms with van der Waals surface area (Å²) in [5, 5.41) is 5.00. The van der Waals surface area contributed by atoms with E-state index in [1.165, 1.54) is 17.3 Å². The fourth-order valence-electron chi connectivity index (χ4n) is 2.21. The Labute approximate surface area is 139 Å². The van der Waals surface area contributed by atoms with Crippen molar-refractivity contribution in [2.45, 2.75) is 6.92 Å². The summed E-state index contributed by atoms with van der Waals surface area (Å²) < 4.78 is 0. The Morgan fingerprint density at radius 1 is 1.17 bits per heavy atom. The molecule has 0 aliphatic carbocycles. The third-order valence-electron chi connectivity index (χ3n) is 3.47. The van der Waals surface area contributed by atoms with E-state index in [0.29, 0.717) is 16.6 Å². The van der Waals surface area contributed by atoms with Crippen LogP contribution in [0.2, 0.25) is 0 Å². The van der Waals surface area contributed by atoms with Gasteiger partial charge in [0.15, 0.2) is 5.17 Å². The molecule has 0 unspecified atom stereocenters. The molecule has 3 rings (SSSR count). The first-order chi connectivity index (χ1) is 11.1. The Balaban J connectivity index is 1.77. The van der Waals surface area contributed by atoms with Gasteiger partial charge in [0.05, 0.1) is 17.1 Å². The van der Waals surface area contributed by atoms with Crippen LogP contribution in [0.1, 0.15) is 11.1 Å². The lowest BCUT2D eigenvalue weighted by atomic mass is 10.1. The minimum Gasteiger partial charge on any atom is -0.276 e. The number of amidine groups is 1. The van der Waals surface area contributed by atoms with Gasteiger partial charge in [0.1, 0.15) is 0 Å². The van der Waals surface area contributed by atoms with Crippen LogP contribution in [0.5, 0.6) is 0 Å². The number of amides is 1. The second kappa shape index (κ2) is 6.71. The molecular weight excluding hydrogens is 306 g/mol. The topological polar surface area (TPSA) is 44.7 Å². The monoisotopic (exact) mass is 323 g/mol. The summed E-state index contributed by atoms with van der Waals surface area (Å²) in [6.45, 7) is 6.04. The molecule has 1 aliphatic heterocycles. The number of nitrogens with one attached hydrogen (secondary N) is 1. The average molecular weight is 323 g/mol. The predicted molar refractivity (Wildman–Crippen MR) is 97.2 cm³/mol. The van der Waals surface area contributed by atoms with Gasteiger partial charge in [0.2, 0.25) is 5.91 Å². The molecule has 1 saturated heterocycles. The van der Waals surface area contributed by atoms with E-state index in [0.717, 1.165) is 11.3 Å². The molecule has 1 amide bonds. The largest absolute Gasteiger partial charge is 0.276 e. The third kappa shape index (κ3) is 3.46. The maximum absolute atomic E-state index is 12.1. The molecule has 0 aromatic heterocycles. The third-order valence-corrected chi connectivity index (χ3v) is 4.39. The molecule has 1 N–H and O–H groups in total. The minimum absolute atomic E-state index is 0.0303. The standard InChI is InChI=1S/C18H17N3OS/c1-13-8-10-15(11-9-13)14(2)19-20-18-21(17(22)12-23-18)16-6-4-3-5-7-16/h3-11,19H,2,12H2,1H3/b20-18-. The number of rotatable bonds is 4. The van der Waals surface area contributed by atoms with Crippen molar-refractivity contribution in [1.82, 2.24) is 5.43 Å². The van der Waals surface area contributed by atoms with E-state index < -0.39 is 0 Å². The summed E-state index contributed by atoms with van der Waals surface area (Å²) in [4.78, 5) is 13.7. The maximum Gasteiger partial charge on any atom is 0.243 e. The summed E-state index contributed by atoms with van der Waals surface area (Å²) in [7, 11) is 0. The van der Waals surface area contributed by atoms with Gasteiger partial charge in [-0.05, 0) is 24.6 Å². The highest BCUT2D eigenvalue weighted by molar-refractivity contribution is 8.15. The molecule has 1 fully saturated rings. The van der Waals surface area contributed by atoms with E-state index in [-0.39, 0.29) is 5.91 Å². The molecule has 0 spiro atoms. The van der Waals surface area contributed by atoms with Gasteiger partial charge in [0.25, 0.3) is 0 Å². The van der Waals surface area contributed by atoms with Crippen LogP contribution in [0.4, 0.5) is 5.69 Å². The second-order valence-corrected chi connectivity index (χ2v) is 6.15. The SMILES string of the molecule is C=C(N/N=C1\SCC(=O)N1c1ccccc1)c1ccc(C)cc1. The van der Waals surface area contributed by atoms with Crippen molar-refractivity contribution in [3.8, 4) is 0 Å². The van der Waals surface area contributed by atoms with Crippen molar-refractivity contribution in [2.75, 3.05) is 10.7 Å². The number of anilines is 1. The molecule has 0 bridgehead atoms. The van der Waals surface area contributed by atoms with Crippen molar-refractivity contribution in [2.24, 2.45) is 5.10 Å². The fourth-order valence-corrected chi connectivity index (χ4v) is 3.04. The number of hydrogen-bond acceptors (Lipinski definition) is 4. The van der Waals surface area contributed by atoms with Gasteiger partial charge < -0.3 is 0 Å². The van der Waals surface area contributed by atoms with Crippen LogP contribution in [-0.4, -0.2) is 16.8 Å². The van der Waals surface area contributed by atoms with Crippen LogP contribution in [-0.2, 0) is 4.79 Å². The summed E-state index contributed by atoms with van der Waals surface area (Å²) >= 11 is 1.42. The van der Waals surface area contributed by atoms with Gasteiger partial charge >= 0.3 is 0 Å². The Kier molecular flexibility index (Phi) is 4.48. The van der Waals surface area contributed by atoms with Gasteiger partial charge in [-0.3, -0.25) is 15.1 Å². The van der Waals surface area contributed by atoms with Gasteiger partial charge in [0, 0.05) is 0 Å². The Morgan fingerprint density at radius 2 is 1.87 bits per heavy atom. The first-order valence-corrected chi connectivity index (χ1v) is 8.24. The molecular formula is C18H17N3OS. The van der Waals surface area contributed by atoms with Crippen LogP contribution in [0.25, 0.3) is 5.70 Å². The zero-order valence-electron chi connectivity index (χ0n) is 12.8. The van der Waals surface area contributed by atoms with E-state index in [1.807, 2.05) is 61.5 Å². The zero-order valence-corrected chi connectivity index (χ0v) is 13.6. The van der Waals surface area contributed by atoms with Gasteiger partial charge in [-0.1, -0.05) is 66.4 Å². The molecule has 0 saturated carbocycles. The summed E-state index contributed by atoms with van der Waals surface area (Å²) in [6, 6.07) is 17.6. The van der Waals surface area contributed by atoms with Crippen molar-refractivity contribution >= 4 is 34.2 Å². The highest BCUT2D eigenvalue weighted by atomic mass is 32.2. The number of hydrazone groups is 1. The highest BCUT2D eigenvalue weighted by Crippen LogP contribution is 2.26.